The molecule has 1 saturated heterocycles. The summed E-state index contributed by atoms with van der Waals surface area (Å²) in [5.41, 5.74) is 2.00. The van der Waals surface area contributed by atoms with E-state index in [2.05, 4.69) is 15.6 Å². The lowest BCUT2D eigenvalue weighted by Gasteiger charge is -2.30. The Hall–Kier alpha value is -1.32. The molecule has 0 atom stereocenters. The predicted molar refractivity (Wildman–Crippen MR) is 116 cm³/mol. The number of nitrogens with one attached hydrogen (secondary N) is 2. The van der Waals surface area contributed by atoms with Gasteiger partial charge in [0.15, 0.2) is 5.96 Å². The van der Waals surface area contributed by atoms with Gasteiger partial charge in [0.05, 0.1) is 12.8 Å². The van der Waals surface area contributed by atoms with Gasteiger partial charge < -0.3 is 10.6 Å². The van der Waals surface area contributed by atoms with Crippen molar-refractivity contribution in [1.82, 2.24) is 14.9 Å². The number of nitrogens with zero attached hydrogens (tertiary/aromatic N) is 2. The first kappa shape index (κ1) is 23.0. The molecule has 1 aromatic rings. The van der Waals surface area contributed by atoms with Crippen LogP contribution in [0.3, 0.4) is 0 Å². The summed E-state index contributed by atoms with van der Waals surface area (Å²) >= 11 is 1.66. The van der Waals surface area contributed by atoms with Crippen LogP contribution < -0.4 is 10.6 Å². The van der Waals surface area contributed by atoms with E-state index in [4.69, 9.17) is 0 Å². The van der Waals surface area contributed by atoms with E-state index in [0.717, 1.165) is 48.8 Å². The standard InChI is InChI=1S/C19H31FN4O2S2/c1-4-21-19(22-12-15-7-9-24(10-8-15)28(3,25)26)23-13-16-5-6-18(20)11-17(16)14-27-2/h5-6,11,15H,4,7-10,12-14H2,1-3H3,(H2,21,22,23). The third kappa shape index (κ3) is 7.25. The van der Waals surface area contributed by atoms with Crippen LogP contribution in [0.2, 0.25) is 0 Å². The van der Waals surface area contributed by atoms with Gasteiger partial charge in [0.1, 0.15) is 5.82 Å². The number of piperidine rings is 1. The van der Waals surface area contributed by atoms with E-state index in [9.17, 15) is 12.8 Å². The van der Waals surface area contributed by atoms with Crippen molar-refractivity contribution in [3.8, 4) is 0 Å². The minimum Gasteiger partial charge on any atom is -0.357 e. The second kappa shape index (κ2) is 11.0. The van der Waals surface area contributed by atoms with Crippen molar-refractivity contribution in [2.45, 2.75) is 32.1 Å². The molecule has 1 heterocycles. The van der Waals surface area contributed by atoms with Gasteiger partial charge in [-0.15, -0.1) is 0 Å². The predicted octanol–water partition coefficient (Wildman–Crippen LogP) is 2.42. The van der Waals surface area contributed by atoms with Gasteiger partial charge in [0.2, 0.25) is 10.0 Å². The smallest absolute Gasteiger partial charge is 0.211 e. The molecule has 0 saturated carbocycles. The van der Waals surface area contributed by atoms with Crippen LogP contribution in [0.1, 0.15) is 30.9 Å². The first-order valence-corrected chi connectivity index (χ1v) is 12.8. The molecule has 28 heavy (non-hydrogen) atoms. The first-order valence-electron chi connectivity index (χ1n) is 9.57. The van der Waals surface area contributed by atoms with Gasteiger partial charge >= 0.3 is 0 Å². The van der Waals surface area contributed by atoms with E-state index in [1.165, 1.54) is 12.3 Å². The summed E-state index contributed by atoms with van der Waals surface area (Å²) in [6.07, 6.45) is 4.95. The highest BCUT2D eigenvalue weighted by Gasteiger charge is 2.24. The van der Waals surface area contributed by atoms with Crippen LogP contribution in [0.4, 0.5) is 4.39 Å². The van der Waals surface area contributed by atoms with Crippen LogP contribution in [0.15, 0.2) is 23.2 Å². The molecule has 1 aromatic carbocycles. The SMILES string of the molecule is CCNC(=NCc1ccc(F)cc1CSC)NCC1CCN(S(C)(=O)=O)CC1. The molecule has 0 aliphatic carbocycles. The number of hydrogen-bond acceptors (Lipinski definition) is 4. The molecule has 2 rings (SSSR count). The molecule has 9 heteroatoms. The van der Waals surface area contributed by atoms with Gasteiger partial charge in [0.25, 0.3) is 0 Å². The summed E-state index contributed by atoms with van der Waals surface area (Å²) in [5, 5.41) is 6.61. The molecule has 0 unspecified atom stereocenters. The lowest BCUT2D eigenvalue weighted by molar-refractivity contribution is 0.275. The van der Waals surface area contributed by atoms with E-state index in [1.54, 1.807) is 28.2 Å². The highest BCUT2D eigenvalue weighted by Crippen LogP contribution is 2.19. The highest BCUT2D eigenvalue weighted by atomic mass is 32.2. The van der Waals surface area contributed by atoms with E-state index in [1.807, 2.05) is 13.2 Å². The Morgan fingerprint density at radius 1 is 1.29 bits per heavy atom. The zero-order chi connectivity index (χ0) is 20.6. The molecule has 2 N–H and O–H groups in total. The van der Waals surface area contributed by atoms with Crippen molar-refractivity contribution in [3.05, 3.63) is 35.1 Å². The van der Waals surface area contributed by atoms with E-state index in [0.29, 0.717) is 25.6 Å². The normalized spacial score (nSPS) is 16.9. The molecule has 1 fully saturated rings. The Morgan fingerprint density at radius 2 is 2.00 bits per heavy atom. The van der Waals surface area contributed by atoms with Gasteiger partial charge in [-0.2, -0.15) is 11.8 Å². The molecule has 0 bridgehead atoms. The Kier molecular flexibility index (Phi) is 9.04. The maximum Gasteiger partial charge on any atom is 0.211 e. The summed E-state index contributed by atoms with van der Waals surface area (Å²) in [6.45, 7) is 5.15. The molecule has 0 amide bonds. The molecular weight excluding hydrogens is 399 g/mol. The van der Waals surface area contributed by atoms with Crippen molar-refractivity contribution in [2.24, 2.45) is 10.9 Å². The number of sulfonamides is 1. The molecule has 158 valence electrons. The minimum atomic E-state index is -3.09. The number of thioether (sulfide) groups is 1. The number of aliphatic imine (C=N–C) groups is 1. The lowest BCUT2D eigenvalue weighted by atomic mass is 9.98. The lowest BCUT2D eigenvalue weighted by Crippen LogP contribution is -2.44. The molecule has 1 aliphatic rings. The van der Waals surface area contributed by atoms with Crippen LogP contribution >= 0.6 is 11.8 Å². The topological polar surface area (TPSA) is 73.8 Å². The molecule has 0 aromatic heterocycles. The second-order valence-corrected chi connectivity index (χ2v) is 9.88. The van der Waals surface area contributed by atoms with Crippen LogP contribution in [0.5, 0.6) is 0 Å². The fraction of sp³-hybridized carbons (Fsp3) is 0.632. The van der Waals surface area contributed by atoms with Crippen LogP contribution in [0.25, 0.3) is 0 Å². The van der Waals surface area contributed by atoms with E-state index >= 15 is 0 Å². The molecule has 6 nitrogen and oxygen atoms in total. The Labute approximate surface area is 172 Å². The molecule has 0 radical (unpaired) electrons. The van der Waals surface area contributed by atoms with E-state index in [-0.39, 0.29) is 5.82 Å². The molecule has 1 aliphatic heterocycles. The summed E-state index contributed by atoms with van der Waals surface area (Å²) in [7, 11) is -3.09. The van der Waals surface area contributed by atoms with E-state index < -0.39 is 10.0 Å². The fourth-order valence-corrected chi connectivity index (χ4v) is 4.68. The first-order chi connectivity index (χ1) is 13.3. The number of benzene rings is 1. The Balaban J connectivity index is 1.93. The largest absolute Gasteiger partial charge is 0.357 e. The third-order valence-electron chi connectivity index (χ3n) is 4.82. The fourth-order valence-electron chi connectivity index (χ4n) is 3.23. The maximum atomic E-state index is 13.5. The zero-order valence-electron chi connectivity index (χ0n) is 16.9. The van der Waals surface area contributed by atoms with Gasteiger partial charge in [0, 0.05) is 31.9 Å². The number of hydrogen-bond donors (Lipinski definition) is 2. The van der Waals surface area contributed by atoms with Crippen molar-refractivity contribution in [1.29, 1.82) is 0 Å². The van der Waals surface area contributed by atoms with Crippen molar-refractivity contribution in [3.63, 3.8) is 0 Å². The van der Waals surface area contributed by atoms with Crippen molar-refractivity contribution < 1.29 is 12.8 Å². The number of rotatable bonds is 8. The maximum absolute atomic E-state index is 13.5. The van der Waals surface area contributed by atoms with Gasteiger partial charge in [-0.3, -0.25) is 0 Å². The van der Waals surface area contributed by atoms with Crippen LogP contribution in [-0.2, 0) is 22.3 Å². The van der Waals surface area contributed by atoms with Crippen LogP contribution in [-0.4, -0.2) is 57.4 Å². The third-order valence-corrected chi connectivity index (χ3v) is 6.72. The molecule has 0 spiro atoms. The van der Waals surface area contributed by atoms with Crippen molar-refractivity contribution >= 4 is 27.7 Å². The quantitative estimate of drug-likeness (QED) is 0.489. The number of halogens is 1. The molecular formula is C19H31FN4O2S2. The number of guanidine groups is 1. The van der Waals surface area contributed by atoms with Gasteiger partial charge in [-0.1, -0.05) is 6.07 Å². The van der Waals surface area contributed by atoms with Gasteiger partial charge in [-0.25, -0.2) is 22.1 Å². The minimum absolute atomic E-state index is 0.220. The summed E-state index contributed by atoms with van der Waals surface area (Å²) in [6, 6.07) is 4.86. The zero-order valence-corrected chi connectivity index (χ0v) is 18.5. The summed E-state index contributed by atoms with van der Waals surface area (Å²) in [5.74, 6) is 1.68. The Bertz CT molecular complexity index is 763. The monoisotopic (exact) mass is 430 g/mol. The Morgan fingerprint density at radius 3 is 2.61 bits per heavy atom. The highest BCUT2D eigenvalue weighted by molar-refractivity contribution is 7.97. The average molecular weight is 431 g/mol. The van der Waals surface area contributed by atoms with Crippen LogP contribution in [0, 0.1) is 11.7 Å². The van der Waals surface area contributed by atoms with Crippen molar-refractivity contribution in [2.75, 3.05) is 38.7 Å². The summed E-state index contributed by atoms with van der Waals surface area (Å²) in [4.78, 5) is 4.65. The average Bonchev–Trinajstić information content (AvgIpc) is 2.65. The summed E-state index contributed by atoms with van der Waals surface area (Å²) < 4.78 is 38.3. The van der Waals surface area contributed by atoms with Gasteiger partial charge in [-0.05, 0) is 55.2 Å². The second-order valence-electron chi connectivity index (χ2n) is 7.03.